The summed E-state index contributed by atoms with van der Waals surface area (Å²) in [5.74, 6) is -1.30. The van der Waals surface area contributed by atoms with Gasteiger partial charge in [-0.2, -0.15) is 21.6 Å². The maximum atomic E-state index is 13.1. The van der Waals surface area contributed by atoms with Crippen molar-refractivity contribution in [3.8, 4) is 5.75 Å². The zero-order chi connectivity index (χ0) is 26.3. The first-order valence-electron chi connectivity index (χ1n) is 12.2. The SMILES string of the molecule is Cc1ccc2[nH]cc(C(C)C(C=O)CN3C4CC5(C)CC3CC(O)(C4)C5)c2c1OS(=O)(=O)C(F)(F)F. The molecule has 0 radical (unpaired) electrons. The molecule has 4 atom stereocenters. The summed E-state index contributed by atoms with van der Waals surface area (Å²) >= 11 is 0. The Balaban J connectivity index is 1.46. The molecule has 6 rings (SSSR count). The number of benzene rings is 1. The first kappa shape index (κ1) is 25.5. The fourth-order valence-corrected chi connectivity index (χ4v) is 7.74. The number of H-pyrrole nitrogens is 1. The van der Waals surface area contributed by atoms with Crippen LogP contribution in [0.15, 0.2) is 18.3 Å². The van der Waals surface area contributed by atoms with E-state index in [4.69, 9.17) is 0 Å². The number of aryl methyl sites for hydroxylation is 1. The highest BCUT2D eigenvalue weighted by atomic mass is 32.2. The van der Waals surface area contributed by atoms with Crippen molar-refractivity contribution in [3.05, 3.63) is 29.5 Å². The summed E-state index contributed by atoms with van der Waals surface area (Å²) in [4.78, 5) is 17.6. The summed E-state index contributed by atoms with van der Waals surface area (Å²) in [5.41, 5.74) is -4.94. The number of aldehydes is 1. The maximum Gasteiger partial charge on any atom is 0.534 e. The number of aromatic amines is 1. The van der Waals surface area contributed by atoms with Gasteiger partial charge in [0.15, 0.2) is 5.75 Å². The lowest BCUT2D eigenvalue weighted by Crippen LogP contribution is -2.67. The van der Waals surface area contributed by atoms with Crippen LogP contribution in [0.25, 0.3) is 10.9 Å². The Morgan fingerprint density at radius 2 is 1.89 bits per heavy atom. The Labute approximate surface area is 208 Å². The topological polar surface area (TPSA) is 99.7 Å². The van der Waals surface area contributed by atoms with Gasteiger partial charge in [0, 0.05) is 41.6 Å². The van der Waals surface area contributed by atoms with Gasteiger partial charge in [0.05, 0.1) is 5.60 Å². The molecule has 3 heterocycles. The maximum absolute atomic E-state index is 13.1. The van der Waals surface area contributed by atoms with Crippen molar-refractivity contribution < 1.29 is 35.7 Å². The molecule has 0 amide bonds. The molecule has 198 valence electrons. The summed E-state index contributed by atoms with van der Waals surface area (Å²) in [6.45, 7) is 5.98. The van der Waals surface area contributed by atoms with E-state index in [0.717, 1.165) is 25.5 Å². The van der Waals surface area contributed by atoms with E-state index in [-0.39, 0.29) is 34.2 Å². The van der Waals surface area contributed by atoms with Crippen LogP contribution in [-0.4, -0.2) is 59.4 Å². The van der Waals surface area contributed by atoms with Crippen LogP contribution in [0.3, 0.4) is 0 Å². The number of halogens is 3. The van der Waals surface area contributed by atoms with Crippen molar-refractivity contribution in [2.24, 2.45) is 11.3 Å². The van der Waals surface area contributed by atoms with Crippen LogP contribution in [0.4, 0.5) is 13.2 Å². The minimum Gasteiger partial charge on any atom is -0.390 e. The quantitative estimate of drug-likeness (QED) is 0.314. The minimum atomic E-state index is -5.87. The lowest BCUT2D eigenvalue weighted by molar-refractivity contribution is -0.188. The third kappa shape index (κ3) is 4.12. The van der Waals surface area contributed by atoms with E-state index >= 15 is 0 Å². The van der Waals surface area contributed by atoms with Crippen LogP contribution < -0.4 is 4.18 Å². The van der Waals surface area contributed by atoms with E-state index in [0.29, 0.717) is 30.5 Å². The number of carbonyl (C=O) groups excluding carboxylic acids is 1. The van der Waals surface area contributed by atoms with Gasteiger partial charge in [0.1, 0.15) is 6.29 Å². The first-order valence-corrected chi connectivity index (χ1v) is 13.6. The Morgan fingerprint density at radius 1 is 1.25 bits per heavy atom. The number of alkyl halides is 3. The lowest BCUT2D eigenvalue weighted by Gasteiger charge is -2.64. The molecule has 2 aliphatic heterocycles. The second-order valence-electron chi connectivity index (χ2n) is 11.5. The molecule has 4 bridgehead atoms. The summed E-state index contributed by atoms with van der Waals surface area (Å²) in [6, 6.07) is 3.48. The number of aromatic nitrogens is 1. The fourth-order valence-electron chi connectivity index (χ4n) is 7.21. The van der Waals surface area contributed by atoms with Gasteiger partial charge in [0.25, 0.3) is 0 Å². The van der Waals surface area contributed by atoms with E-state index < -0.39 is 33.1 Å². The van der Waals surface area contributed by atoms with Crippen molar-refractivity contribution in [2.45, 2.75) is 82.0 Å². The van der Waals surface area contributed by atoms with Gasteiger partial charge >= 0.3 is 15.6 Å². The van der Waals surface area contributed by atoms with Gasteiger partial charge in [0.2, 0.25) is 0 Å². The van der Waals surface area contributed by atoms with E-state index in [1.165, 1.54) is 13.0 Å². The average molecular weight is 529 g/mol. The van der Waals surface area contributed by atoms with Gasteiger partial charge < -0.3 is 19.1 Å². The summed E-state index contributed by atoms with van der Waals surface area (Å²) in [5, 5.41) is 11.2. The molecule has 36 heavy (non-hydrogen) atoms. The van der Waals surface area contributed by atoms with Crippen LogP contribution in [0, 0.1) is 18.3 Å². The predicted octanol–water partition coefficient (Wildman–Crippen LogP) is 4.39. The number of nitrogens with zero attached hydrogens (tertiary/aromatic N) is 1. The largest absolute Gasteiger partial charge is 0.534 e. The summed E-state index contributed by atoms with van der Waals surface area (Å²) < 4.78 is 67.5. The second kappa shape index (κ2) is 8.19. The van der Waals surface area contributed by atoms with Crippen molar-refractivity contribution >= 4 is 27.3 Å². The molecule has 2 N–H and O–H groups in total. The Morgan fingerprint density at radius 3 is 2.44 bits per heavy atom. The Kier molecular flexibility index (Phi) is 5.81. The third-order valence-corrected chi connectivity index (χ3v) is 9.57. The number of piperidine rings is 2. The fraction of sp³-hybridized carbons (Fsp3) is 0.640. The van der Waals surface area contributed by atoms with E-state index in [1.54, 1.807) is 12.3 Å². The molecule has 7 nitrogen and oxygen atoms in total. The molecule has 4 unspecified atom stereocenters. The van der Waals surface area contributed by atoms with Crippen LogP contribution >= 0.6 is 0 Å². The molecule has 2 saturated carbocycles. The highest BCUT2D eigenvalue weighted by Crippen LogP contribution is 2.57. The third-order valence-electron chi connectivity index (χ3n) is 8.61. The standard InChI is InChI=1S/C25H31F3N2O5S/c1-14-4-5-20-21(22(14)35-36(33,34)25(26,27)28)19(10-29-20)15(2)16(12-31)11-30-17-6-23(3)7-18(30)9-24(32,8-17)13-23/h4-5,10,12,15-18,29,32H,6-9,11,13H2,1-3H3. The molecule has 2 aromatic rings. The zero-order valence-corrected chi connectivity index (χ0v) is 21.2. The minimum absolute atomic E-state index is 0.101. The smallest absolute Gasteiger partial charge is 0.390 e. The molecule has 1 aromatic carbocycles. The molecule has 4 fully saturated rings. The number of hydrogen-bond donors (Lipinski definition) is 2. The van der Waals surface area contributed by atoms with Crippen molar-refractivity contribution in [2.75, 3.05) is 6.54 Å². The molecule has 2 saturated heterocycles. The first-order chi connectivity index (χ1) is 16.7. The molecule has 4 aliphatic rings. The van der Waals surface area contributed by atoms with Gasteiger partial charge in [-0.25, -0.2) is 0 Å². The number of carbonyl (C=O) groups is 1. The van der Waals surface area contributed by atoms with Gasteiger partial charge in [-0.15, -0.1) is 0 Å². The molecular formula is C25H31F3N2O5S. The summed E-state index contributed by atoms with van der Waals surface area (Å²) in [7, 11) is -5.87. The highest BCUT2D eigenvalue weighted by Gasteiger charge is 2.58. The van der Waals surface area contributed by atoms with Crippen molar-refractivity contribution in [1.29, 1.82) is 0 Å². The molecule has 0 spiro atoms. The van der Waals surface area contributed by atoms with Crippen LogP contribution in [-0.2, 0) is 14.9 Å². The second-order valence-corrected chi connectivity index (χ2v) is 13.0. The number of hydrogen-bond acceptors (Lipinski definition) is 6. The van der Waals surface area contributed by atoms with Crippen LogP contribution in [0.2, 0.25) is 0 Å². The van der Waals surface area contributed by atoms with E-state index in [2.05, 4.69) is 21.0 Å². The monoisotopic (exact) mass is 528 g/mol. The van der Waals surface area contributed by atoms with Crippen molar-refractivity contribution in [3.63, 3.8) is 0 Å². The zero-order valence-electron chi connectivity index (χ0n) is 20.4. The summed E-state index contributed by atoms with van der Waals surface area (Å²) in [6.07, 6.45) is 6.57. The Bertz CT molecular complexity index is 1270. The lowest BCUT2D eigenvalue weighted by atomic mass is 9.54. The van der Waals surface area contributed by atoms with Gasteiger partial charge in [-0.3, -0.25) is 4.90 Å². The Hall–Kier alpha value is -2.11. The predicted molar refractivity (Wildman–Crippen MR) is 127 cm³/mol. The normalized spacial score (nSPS) is 32.1. The van der Waals surface area contributed by atoms with Gasteiger partial charge in [-0.1, -0.05) is 19.9 Å². The molecule has 2 aliphatic carbocycles. The van der Waals surface area contributed by atoms with Gasteiger partial charge in [-0.05, 0) is 67.6 Å². The number of fused-ring (bicyclic) bond motifs is 1. The average Bonchev–Trinajstić information content (AvgIpc) is 3.17. The molecular weight excluding hydrogens is 497 g/mol. The van der Waals surface area contributed by atoms with Crippen LogP contribution in [0.1, 0.15) is 63.0 Å². The van der Waals surface area contributed by atoms with E-state index in [1.807, 2.05) is 6.92 Å². The molecule has 1 aromatic heterocycles. The highest BCUT2D eigenvalue weighted by molar-refractivity contribution is 7.88. The molecule has 11 heteroatoms. The number of nitrogens with one attached hydrogen (secondary N) is 1. The number of aliphatic hydroxyl groups is 1. The van der Waals surface area contributed by atoms with Crippen LogP contribution in [0.5, 0.6) is 5.75 Å². The van der Waals surface area contributed by atoms with E-state index in [9.17, 15) is 31.5 Å². The number of rotatable bonds is 7. The van der Waals surface area contributed by atoms with Crippen molar-refractivity contribution in [1.82, 2.24) is 9.88 Å².